The van der Waals surface area contributed by atoms with Crippen molar-refractivity contribution in [2.24, 2.45) is 11.7 Å². The van der Waals surface area contributed by atoms with Crippen LogP contribution in [-0.4, -0.2) is 44.3 Å². The van der Waals surface area contributed by atoms with Crippen LogP contribution in [0.4, 0.5) is 0 Å². The molecule has 1 rings (SSSR count). The molecule has 2 N–H and O–H groups in total. The lowest BCUT2D eigenvalue weighted by molar-refractivity contribution is 0.109. The van der Waals surface area contributed by atoms with E-state index in [4.69, 9.17) is 10.5 Å². The van der Waals surface area contributed by atoms with E-state index in [0.29, 0.717) is 13.2 Å². The summed E-state index contributed by atoms with van der Waals surface area (Å²) in [7, 11) is 0. The fraction of sp³-hybridized carbons (Fsp3) is 1.00. The Labute approximate surface area is 81.2 Å². The summed E-state index contributed by atoms with van der Waals surface area (Å²) in [6.45, 7) is 7.84. The van der Waals surface area contributed by atoms with Crippen molar-refractivity contribution in [2.45, 2.75) is 19.8 Å². The molecule has 1 aliphatic carbocycles. The first-order valence-electron chi connectivity index (χ1n) is 5.37. The molecule has 3 nitrogen and oxygen atoms in total. The minimum Gasteiger partial charge on any atom is -0.379 e. The minimum absolute atomic E-state index is 0.634. The molecular weight excluding hydrogens is 164 g/mol. The molecule has 0 aromatic heterocycles. The lowest BCUT2D eigenvalue weighted by atomic mass is 10.3. The Bertz CT molecular complexity index is 126. The van der Waals surface area contributed by atoms with E-state index in [1.54, 1.807) is 0 Å². The van der Waals surface area contributed by atoms with E-state index in [-0.39, 0.29) is 0 Å². The third-order valence-corrected chi connectivity index (χ3v) is 2.47. The number of likely N-dealkylation sites (N-methyl/N-ethyl adjacent to an activating group) is 1. The minimum atomic E-state index is 0.634. The molecular formula is C10H22N2O. The van der Waals surface area contributed by atoms with Crippen LogP contribution in [0, 0.1) is 5.92 Å². The number of rotatable bonds is 8. The largest absolute Gasteiger partial charge is 0.379 e. The predicted octanol–water partition coefficient (Wildman–Crippen LogP) is 0.694. The zero-order chi connectivity index (χ0) is 9.52. The number of nitrogens with zero attached hydrogens (tertiary/aromatic N) is 1. The Balaban J connectivity index is 1.94. The normalized spacial score (nSPS) is 16.8. The highest BCUT2D eigenvalue weighted by Crippen LogP contribution is 2.29. The first-order chi connectivity index (χ1) is 6.36. The van der Waals surface area contributed by atoms with Crippen molar-refractivity contribution in [3.8, 4) is 0 Å². The topological polar surface area (TPSA) is 38.5 Å². The van der Waals surface area contributed by atoms with Crippen LogP contribution in [0.2, 0.25) is 0 Å². The molecule has 1 saturated carbocycles. The number of nitrogens with two attached hydrogens (primary N) is 1. The Hall–Kier alpha value is -0.120. The molecule has 78 valence electrons. The molecule has 0 saturated heterocycles. The van der Waals surface area contributed by atoms with E-state index in [2.05, 4.69) is 11.8 Å². The van der Waals surface area contributed by atoms with Crippen LogP contribution in [-0.2, 0) is 4.74 Å². The van der Waals surface area contributed by atoms with Gasteiger partial charge in [0, 0.05) is 19.6 Å². The monoisotopic (exact) mass is 186 g/mol. The van der Waals surface area contributed by atoms with Crippen molar-refractivity contribution in [3.05, 3.63) is 0 Å². The van der Waals surface area contributed by atoms with Gasteiger partial charge >= 0.3 is 0 Å². The van der Waals surface area contributed by atoms with Crippen molar-refractivity contribution in [1.29, 1.82) is 0 Å². The molecule has 1 fully saturated rings. The van der Waals surface area contributed by atoms with E-state index >= 15 is 0 Å². The van der Waals surface area contributed by atoms with Gasteiger partial charge in [-0.15, -0.1) is 0 Å². The van der Waals surface area contributed by atoms with Crippen molar-refractivity contribution in [2.75, 3.05) is 39.4 Å². The Morgan fingerprint density at radius 1 is 1.38 bits per heavy atom. The van der Waals surface area contributed by atoms with Crippen LogP contribution in [0.3, 0.4) is 0 Å². The Morgan fingerprint density at radius 2 is 2.15 bits per heavy atom. The van der Waals surface area contributed by atoms with Crippen molar-refractivity contribution in [3.63, 3.8) is 0 Å². The smallest absolute Gasteiger partial charge is 0.0594 e. The van der Waals surface area contributed by atoms with Crippen LogP contribution >= 0.6 is 0 Å². The van der Waals surface area contributed by atoms with Gasteiger partial charge in [0.1, 0.15) is 0 Å². The van der Waals surface area contributed by atoms with Gasteiger partial charge in [0.2, 0.25) is 0 Å². The molecule has 0 bridgehead atoms. The quantitative estimate of drug-likeness (QED) is 0.567. The summed E-state index contributed by atoms with van der Waals surface area (Å²) in [6.07, 6.45) is 2.86. The van der Waals surface area contributed by atoms with Crippen LogP contribution in [0.25, 0.3) is 0 Å². The third kappa shape index (κ3) is 5.24. The second-order valence-electron chi connectivity index (χ2n) is 3.74. The fourth-order valence-corrected chi connectivity index (χ4v) is 1.42. The summed E-state index contributed by atoms with van der Waals surface area (Å²) in [6, 6.07) is 0. The van der Waals surface area contributed by atoms with Gasteiger partial charge in [-0.2, -0.15) is 0 Å². The highest BCUT2D eigenvalue weighted by Gasteiger charge is 2.23. The lowest BCUT2D eigenvalue weighted by Gasteiger charge is -2.19. The van der Waals surface area contributed by atoms with Crippen molar-refractivity contribution < 1.29 is 4.74 Å². The summed E-state index contributed by atoms with van der Waals surface area (Å²) in [5.74, 6) is 0.981. The first-order valence-corrected chi connectivity index (χ1v) is 5.37. The maximum absolute atomic E-state index is 5.35. The average molecular weight is 186 g/mol. The predicted molar refractivity (Wildman–Crippen MR) is 54.7 cm³/mol. The molecule has 3 heteroatoms. The summed E-state index contributed by atoms with van der Waals surface area (Å²) in [4.78, 5) is 2.47. The summed E-state index contributed by atoms with van der Waals surface area (Å²) in [5.41, 5.74) is 5.33. The van der Waals surface area contributed by atoms with Crippen LogP contribution in [0.15, 0.2) is 0 Å². The van der Waals surface area contributed by atoms with Gasteiger partial charge in [0.25, 0.3) is 0 Å². The average Bonchev–Trinajstić information content (AvgIpc) is 2.94. The lowest BCUT2D eigenvalue weighted by Crippen LogP contribution is -2.30. The SMILES string of the molecule is CCN(CCOCCN)CC1CC1. The molecule has 0 atom stereocenters. The van der Waals surface area contributed by atoms with Gasteiger partial charge in [-0.3, -0.25) is 0 Å². The fourth-order valence-electron chi connectivity index (χ4n) is 1.42. The molecule has 13 heavy (non-hydrogen) atoms. The van der Waals surface area contributed by atoms with E-state index in [0.717, 1.165) is 25.6 Å². The van der Waals surface area contributed by atoms with Gasteiger partial charge in [-0.1, -0.05) is 6.92 Å². The standard InChI is InChI=1S/C10H22N2O/c1-2-12(9-10-3-4-10)6-8-13-7-5-11/h10H,2-9,11H2,1H3. The number of ether oxygens (including phenoxy) is 1. The van der Waals surface area contributed by atoms with E-state index < -0.39 is 0 Å². The van der Waals surface area contributed by atoms with Gasteiger partial charge < -0.3 is 15.4 Å². The number of hydrogen-bond acceptors (Lipinski definition) is 3. The maximum atomic E-state index is 5.35. The van der Waals surface area contributed by atoms with Gasteiger partial charge in [-0.25, -0.2) is 0 Å². The molecule has 0 amide bonds. The summed E-state index contributed by atoms with van der Waals surface area (Å²) in [5, 5.41) is 0. The molecule has 0 aliphatic heterocycles. The molecule has 0 spiro atoms. The zero-order valence-corrected chi connectivity index (χ0v) is 8.67. The van der Waals surface area contributed by atoms with Crippen LogP contribution in [0.5, 0.6) is 0 Å². The Morgan fingerprint density at radius 3 is 2.69 bits per heavy atom. The van der Waals surface area contributed by atoms with Gasteiger partial charge in [0.15, 0.2) is 0 Å². The second-order valence-corrected chi connectivity index (χ2v) is 3.74. The van der Waals surface area contributed by atoms with Crippen molar-refractivity contribution >= 4 is 0 Å². The summed E-state index contributed by atoms with van der Waals surface area (Å²) < 4.78 is 5.35. The molecule has 1 aliphatic rings. The van der Waals surface area contributed by atoms with E-state index in [1.807, 2.05) is 0 Å². The van der Waals surface area contributed by atoms with E-state index in [9.17, 15) is 0 Å². The zero-order valence-electron chi connectivity index (χ0n) is 8.67. The van der Waals surface area contributed by atoms with Crippen LogP contribution < -0.4 is 5.73 Å². The number of hydrogen-bond donors (Lipinski definition) is 1. The van der Waals surface area contributed by atoms with Gasteiger partial charge in [0.05, 0.1) is 13.2 Å². The van der Waals surface area contributed by atoms with E-state index in [1.165, 1.54) is 19.4 Å². The second kappa shape index (κ2) is 6.35. The Kier molecular flexibility index (Phi) is 5.35. The van der Waals surface area contributed by atoms with Crippen LogP contribution in [0.1, 0.15) is 19.8 Å². The maximum Gasteiger partial charge on any atom is 0.0594 e. The molecule has 0 unspecified atom stereocenters. The highest BCUT2D eigenvalue weighted by atomic mass is 16.5. The van der Waals surface area contributed by atoms with Gasteiger partial charge in [-0.05, 0) is 25.3 Å². The molecule has 0 aromatic rings. The third-order valence-electron chi connectivity index (χ3n) is 2.47. The molecule has 0 radical (unpaired) electrons. The molecule has 0 aromatic carbocycles. The summed E-state index contributed by atoms with van der Waals surface area (Å²) >= 11 is 0. The molecule has 0 heterocycles. The first kappa shape index (κ1) is 11.0. The highest BCUT2D eigenvalue weighted by molar-refractivity contribution is 4.76. The van der Waals surface area contributed by atoms with Crippen molar-refractivity contribution in [1.82, 2.24) is 4.90 Å².